The maximum atomic E-state index is 12.3. The highest BCUT2D eigenvalue weighted by Gasteiger charge is 2.23. The van der Waals surface area contributed by atoms with Crippen LogP contribution in [0.2, 0.25) is 0 Å². The van der Waals surface area contributed by atoms with E-state index in [-0.39, 0.29) is 5.82 Å². The van der Waals surface area contributed by atoms with Crippen molar-refractivity contribution in [1.82, 2.24) is 0 Å². The Morgan fingerprint density at radius 1 is 0.606 bits per heavy atom. The van der Waals surface area contributed by atoms with Crippen molar-refractivity contribution in [3.8, 4) is 0 Å². The van der Waals surface area contributed by atoms with E-state index in [1.807, 2.05) is 6.07 Å². The van der Waals surface area contributed by atoms with Gasteiger partial charge in [0.25, 0.3) is 0 Å². The molecule has 10 heteroatoms. The van der Waals surface area contributed by atoms with Gasteiger partial charge >= 0.3 is 0 Å². The minimum absolute atomic E-state index is 0.220. The summed E-state index contributed by atoms with van der Waals surface area (Å²) in [6.45, 7) is 2.10. The molecule has 33 heavy (non-hydrogen) atoms. The summed E-state index contributed by atoms with van der Waals surface area (Å²) in [6, 6.07) is 16.4. The normalized spacial score (nSPS) is 9.55. The van der Waals surface area contributed by atoms with E-state index in [1.165, 1.54) is 24.1 Å². The Bertz CT molecular complexity index is 810. The van der Waals surface area contributed by atoms with Gasteiger partial charge in [0.1, 0.15) is 5.82 Å². The molecule has 0 aliphatic rings. The predicted molar refractivity (Wildman–Crippen MR) is 135 cm³/mol. The first-order valence-corrected chi connectivity index (χ1v) is 11.7. The second-order valence-corrected chi connectivity index (χ2v) is 7.94. The van der Waals surface area contributed by atoms with Gasteiger partial charge in [0.15, 0.2) is 23.3 Å². The number of hydrogen-bond donors (Lipinski definition) is 4. The Balaban J connectivity index is 0.000000438. The standard InChI is InChI=1S/C8H10S.C6HF5S.C6H5FS.C3H8S/c9-7-6-8-4-2-1-3-5-8;7-1-2(8)4(10)6(12)5(11)3(1)9;7-5-1-3-6(8)4-2-5;1-2-3-4/h1-5,9H,6-7H2;12H;1-4,8H;4H,2-3H2,1H3. The van der Waals surface area contributed by atoms with Crippen LogP contribution in [0.4, 0.5) is 26.3 Å². The van der Waals surface area contributed by atoms with Crippen LogP contribution in [-0.2, 0) is 6.42 Å². The van der Waals surface area contributed by atoms with E-state index in [2.05, 4.69) is 81.7 Å². The van der Waals surface area contributed by atoms with E-state index in [4.69, 9.17) is 0 Å². The van der Waals surface area contributed by atoms with Crippen molar-refractivity contribution in [2.24, 2.45) is 0 Å². The SMILES string of the molecule is CCCS.Fc1c(F)c(F)c(S)c(F)c1F.Fc1ccc(S)cc1.SCCc1ccccc1. The minimum atomic E-state index is -2.18. The molecule has 0 nitrogen and oxygen atoms in total. The molecule has 0 unspecified atom stereocenters. The van der Waals surface area contributed by atoms with Crippen LogP contribution in [0.25, 0.3) is 0 Å². The topological polar surface area (TPSA) is 0 Å². The molecule has 3 aromatic rings. The van der Waals surface area contributed by atoms with E-state index in [1.54, 1.807) is 12.1 Å². The number of aryl methyl sites for hydroxylation is 1. The summed E-state index contributed by atoms with van der Waals surface area (Å²) in [7, 11) is 0. The van der Waals surface area contributed by atoms with Crippen LogP contribution in [0.3, 0.4) is 0 Å². The average molecular weight is 543 g/mol. The van der Waals surface area contributed by atoms with Gasteiger partial charge < -0.3 is 0 Å². The van der Waals surface area contributed by atoms with Crippen LogP contribution < -0.4 is 0 Å². The zero-order valence-corrected chi connectivity index (χ0v) is 21.2. The highest BCUT2D eigenvalue weighted by Crippen LogP contribution is 2.24. The summed E-state index contributed by atoms with van der Waals surface area (Å²) in [4.78, 5) is -0.391. The third-order valence-electron chi connectivity index (χ3n) is 3.48. The monoisotopic (exact) mass is 542 g/mol. The number of rotatable bonds is 3. The third-order valence-corrected chi connectivity index (χ3v) is 4.84. The number of thiol groups is 4. The van der Waals surface area contributed by atoms with Crippen molar-refractivity contribution in [2.75, 3.05) is 11.5 Å². The third kappa shape index (κ3) is 12.6. The zero-order valence-electron chi connectivity index (χ0n) is 17.6. The Kier molecular flexibility index (Phi) is 17.3. The van der Waals surface area contributed by atoms with Gasteiger partial charge in [0.05, 0.1) is 4.90 Å². The van der Waals surface area contributed by atoms with Crippen LogP contribution in [-0.4, -0.2) is 11.5 Å². The molecule has 0 aromatic heterocycles. The molecule has 0 spiro atoms. The largest absolute Gasteiger partial charge is 0.207 e. The zero-order chi connectivity index (χ0) is 25.4. The fourth-order valence-corrected chi connectivity index (χ4v) is 2.41. The Morgan fingerprint density at radius 2 is 1.03 bits per heavy atom. The number of hydrogen-bond acceptors (Lipinski definition) is 4. The van der Waals surface area contributed by atoms with Gasteiger partial charge in [-0.15, -0.1) is 25.3 Å². The quantitative estimate of drug-likeness (QED) is 0.109. The maximum Gasteiger partial charge on any atom is 0.200 e. The van der Waals surface area contributed by atoms with E-state index in [9.17, 15) is 26.3 Å². The Labute approximate surface area is 212 Å². The molecular formula is C23H24F6S4. The Morgan fingerprint density at radius 3 is 1.39 bits per heavy atom. The lowest BCUT2D eigenvalue weighted by molar-refractivity contribution is 0.361. The van der Waals surface area contributed by atoms with Gasteiger partial charge in [-0.25, -0.2) is 26.3 Å². The van der Waals surface area contributed by atoms with E-state index in [0.29, 0.717) is 0 Å². The van der Waals surface area contributed by atoms with Gasteiger partial charge in [-0.2, -0.15) is 25.3 Å². The minimum Gasteiger partial charge on any atom is -0.207 e. The summed E-state index contributed by atoms with van der Waals surface area (Å²) in [6.07, 6.45) is 2.26. The smallest absolute Gasteiger partial charge is 0.200 e. The first-order valence-electron chi connectivity index (χ1n) is 9.51. The molecule has 0 aliphatic heterocycles. The molecule has 182 valence electrons. The first-order chi connectivity index (χ1) is 15.6. The lowest BCUT2D eigenvalue weighted by Crippen LogP contribution is -2.01. The van der Waals surface area contributed by atoms with Crippen molar-refractivity contribution in [1.29, 1.82) is 0 Å². The average Bonchev–Trinajstić information content (AvgIpc) is 2.84. The van der Waals surface area contributed by atoms with Gasteiger partial charge in [-0.3, -0.25) is 0 Å². The van der Waals surface area contributed by atoms with E-state index >= 15 is 0 Å². The van der Waals surface area contributed by atoms with E-state index < -0.39 is 34.0 Å². The van der Waals surface area contributed by atoms with Crippen molar-refractivity contribution >= 4 is 50.5 Å². The van der Waals surface area contributed by atoms with Crippen LogP contribution >= 0.6 is 50.5 Å². The van der Waals surface area contributed by atoms with Crippen molar-refractivity contribution in [2.45, 2.75) is 29.6 Å². The molecule has 0 bridgehead atoms. The van der Waals surface area contributed by atoms with Crippen LogP contribution in [0, 0.1) is 34.9 Å². The van der Waals surface area contributed by atoms with Gasteiger partial charge in [0.2, 0.25) is 5.82 Å². The molecule has 0 atom stereocenters. The fourth-order valence-electron chi connectivity index (χ4n) is 1.81. The highest BCUT2D eigenvalue weighted by atomic mass is 32.1. The second-order valence-electron chi connectivity index (χ2n) is 6.08. The van der Waals surface area contributed by atoms with Crippen molar-refractivity contribution < 1.29 is 26.3 Å². The molecule has 3 rings (SSSR count). The van der Waals surface area contributed by atoms with Crippen molar-refractivity contribution in [3.63, 3.8) is 0 Å². The van der Waals surface area contributed by atoms with Crippen molar-refractivity contribution in [3.05, 3.63) is 95.1 Å². The van der Waals surface area contributed by atoms with E-state index in [0.717, 1.165) is 22.8 Å². The summed E-state index contributed by atoms with van der Waals surface area (Å²) in [5, 5.41) is 0. The molecule has 0 radical (unpaired) electrons. The second kappa shape index (κ2) is 18.0. The van der Waals surface area contributed by atoms with Gasteiger partial charge in [-0.1, -0.05) is 37.3 Å². The molecule has 3 aromatic carbocycles. The predicted octanol–water partition coefficient (Wildman–Crippen LogP) is 8.27. The van der Waals surface area contributed by atoms with Crippen LogP contribution in [0.5, 0.6) is 0 Å². The van der Waals surface area contributed by atoms with Crippen LogP contribution in [0.15, 0.2) is 64.4 Å². The highest BCUT2D eigenvalue weighted by molar-refractivity contribution is 7.80. The molecule has 0 aliphatic carbocycles. The summed E-state index contributed by atoms with van der Waals surface area (Å²) < 4.78 is 73.3. The van der Waals surface area contributed by atoms with Gasteiger partial charge in [0, 0.05) is 4.90 Å². The summed E-state index contributed by atoms with van der Waals surface area (Å²) >= 11 is 15.1. The van der Waals surface area contributed by atoms with Gasteiger partial charge in [-0.05, 0) is 54.2 Å². The number of halogens is 6. The first kappa shape index (κ1) is 31.6. The lowest BCUT2D eigenvalue weighted by atomic mass is 10.2. The molecular weight excluding hydrogens is 519 g/mol. The Hall–Kier alpha value is -1.36. The molecule has 0 N–H and O–H groups in total. The molecule has 0 amide bonds. The molecule has 0 saturated carbocycles. The maximum absolute atomic E-state index is 12.3. The summed E-state index contributed by atoms with van der Waals surface area (Å²) in [5.74, 6) is -8.27. The molecule has 0 heterocycles. The summed E-state index contributed by atoms with van der Waals surface area (Å²) in [5.41, 5.74) is 1.37. The number of benzene rings is 3. The lowest BCUT2D eigenvalue weighted by Gasteiger charge is -2.01. The van der Waals surface area contributed by atoms with Crippen LogP contribution in [0.1, 0.15) is 18.9 Å². The molecule has 0 fully saturated rings. The molecule has 0 saturated heterocycles. The fraction of sp³-hybridized carbons (Fsp3) is 0.217.